The van der Waals surface area contributed by atoms with E-state index >= 15 is 0 Å². The summed E-state index contributed by atoms with van der Waals surface area (Å²) in [7, 11) is 0. The molecule has 3 rings (SSSR count). The molecule has 1 fully saturated rings. The van der Waals surface area contributed by atoms with E-state index in [1.54, 1.807) is 23.5 Å². The van der Waals surface area contributed by atoms with Crippen LogP contribution in [0.1, 0.15) is 26.2 Å². The molecule has 0 bridgehead atoms. The number of nitrogens with one attached hydrogen (secondary N) is 1. The van der Waals surface area contributed by atoms with E-state index in [-0.39, 0.29) is 5.82 Å². The van der Waals surface area contributed by atoms with Gasteiger partial charge in [-0.25, -0.2) is 9.37 Å². The van der Waals surface area contributed by atoms with Gasteiger partial charge in [-0.3, -0.25) is 0 Å². The number of thiazole rings is 1. The van der Waals surface area contributed by atoms with E-state index in [0.29, 0.717) is 6.04 Å². The quantitative estimate of drug-likeness (QED) is 0.893. The molecule has 0 spiro atoms. The van der Waals surface area contributed by atoms with Crippen LogP contribution in [-0.4, -0.2) is 35.6 Å². The van der Waals surface area contributed by atoms with Crippen LogP contribution in [0.5, 0.6) is 0 Å². The molecule has 1 aromatic heterocycles. The lowest BCUT2D eigenvalue weighted by atomic mass is 10.1. The molecular weight excluding hydrogens is 297 g/mol. The second-order valence-electron chi connectivity index (χ2n) is 5.81. The topological polar surface area (TPSA) is 28.2 Å². The number of hydrogen-bond donors (Lipinski definition) is 1. The van der Waals surface area contributed by atoms with Gasteiger partial charge in [-0.05, 0) is 50.1 Å². The van der Waals surface area contributed by atoms with Gasteiger partial charge in [0.1, 0.15) is 5.82 Å². The molecule has 0 amide bonds. The normalized spacial score (nSPS) is 16.8. The first-order chi connectivity index (χ1) is 10.7. The Labute approximate surface area is 135 Å². The SMILES string of the molecule is CCCN1CCC(Nc2nc(-c3ccc(F)cc3)cs2)CC1. The average molecular weight is 319 g/mol. The van der Waals surface area contributed by atoms with Crippen LogP contribution in [-0.2, 0) is 0 Å². The molecule has 1 aliphatic heterocycles. The van der Waals surface area contributed by atoms with E-state index in [9.17, 15) is 4.39 Å². The fourth-order valence-electron chi connectivity index (χ4n) is 2.89. The number of likely N-dealkylation sites (tertiary alicyclic amines) is 1. The Kier molecular flexibility index (Phi) is 5.05. The van der Waals surface area contributed by atoms with Crippen LogP contribution in [0.3, 0.4) is 0 Å². The molecule has 1 aliphatic rings. The summed E-state index contributed by atoms with van der Waals surface area (Å²) < 4.78 is 13.0. The molecule has 1 N–H and O–H groups in total. The first kappa shape index (κ1) is 15.4. The molecule has 0 saturated carbocycles. The van der Waals surface area contributed by atoms with Crippen molar-refractivity contribution in [3.63, 3.8) is 0 Å². The monoisotopic (exact) mass is 319 g/mol. The number of benzene rings is 1. The van der Waals surface area contributed by atoms with E-state index in [4.69, 9.17) is 0 Å². The maximum absolute atomic E-state index is 13.0. The number of anilines is 1. The molecule has 3 nitrogen and oxygen atoms in total. The first-order valence-corrected chi connectivity index (χ1v) is 8.83. The minimum absolute atomic E-state index is 0.212. The second-order valence-corrected chi connectivity index (χ2v) is 6.66. The third kappa shape index (κ3) is 3.84. The molecule has 1 aromatic carbocycles. The van der Waals surface area contributed by atoms with E-state index < -0.39 is 0 Å². The first-order valence-electron chi connectivity index (χ1n) is 7.95. The fraction of sp³-hybridized carbons (Fsp3) is 0.471. The Morgan fingerprint density at radius 1 is 1.27 bits per heavy atom. The maximum Gasteiger partial charge on any atom is 0.183 e. The van der Waals surface area contributed by atoms with E-state index in [0.717, 1.165) is 16.4 Å². The summed E-state index contributed by atoms with van der Waals surface area (Å²) in [6.45, 7) is 5.78. The van der Waals surface area contributed by atoms with Crippen LogP contribution in [0.15, 0.2) is 29.6 Å². The van der Waals surface area contributed by atoms with Crippen molar-refractivity contribution in [1.82, 2.24) is 9.88 Å². The minimum Gasteiger partial charge on any atom is -0.359 e. The van der Waals surface area contributed by atoms with Crippen molar-refractivity contribution in [1.29, 1.82) is 0 Å². The highest BCUT2D eigenvalue weighted by atomic mass is 32.1. The molecule has 0 unspecified atom stereocenters. The lowest BCUT2D eigenvalue weighted by Crippen LogP contribution is -2.39. The van der Waals surface area contributed by atoms with Crippen molar-refractivity contribution in [2.24, 2.45) is 0 Å². The minimum atomic E-state index is -0.212. The number of rotatable bonds is 5. The lowest BCUT2D eigenvalue weighted by Gasteiger charge is -2.31. The lowest BCUT2D eigenvalue weighted by molar-refractivity contribution is 0.219. The van der Waals surface area contributed by atoms with Crippen molar-refractivity contribution < 1.29 is 4.39 Å². The van der Waals surface area contributed by atoms with Gasteiger partial charge in [-0.2, -0.15) is 0 Å². The number of piperidine rings is 1. The summed E-state index contributed by atoms with van der Waals surface area (Å²) in [4.78, 5) is 7.16. The molecule has 118 valence electrons. The molecule has 0 radical (unpaired) electrons. The third-order valence-corrected chi connectivity index (χ3v) is 4.87. The zero-order chi connectivity index (χ0) is 15.4. The zero-order valence-electron chi connectivity index (χ0n) is 12.9. The summed E-state index contributed by atoms with van der Waals surface area (Å²) in [6.07, 6.45) is 3.57. The Balaban J connectivity index is 1.57. The summed E-state index contributed by atoms with van der Waals surface area (Å²) in [5.74, 6) is -0.212. The van der Waals surface area contributed by atoms with Crippen LogP contribution in [0, 0.1) is 5.82 Å². The van der Waals surface area contributed by atoms with E-state index in [1.165, 1.54) is 51.0 Å². The standard InChI is InChI=1S/C17H22FN3S/c1-2-9-21-10-7-15(8-11-21)19-17-20-16(12-22-17)13-3-5-14(18)6-4-13/h3-6,12,15H,2,7-11H2,1H3,(H,19,20). The Hall–Kier alpha value is -1.46. The molecule has 2 heterocycles. The summed E-state index contributed by atoms with van der Waals surface area (Å²) in [5.41, 5.74) is 1.87. The Morgan fingerprint density at radius 3 is 2.68 bits per heavy atom. The van der Waals surface area contributed by atoms with Gasteiger partial charge in [-0.15, -0.1) is 11.3 Å². The predicted octanol–water partition coefficient (Wildman–Crippen LogP) is 4.24. The number of aromatic nitrogens is 1. The molecule has 22 heavy (non-hydrogen) atoms. The Bertz CT molecular complexity index is 588. The molecular formula is C17H22FN3S. The highest BCUT2D eigenvalue weighted by molar-refractivity contribution is 7.14. The van der Waals surface area contributed by atoms with Gasteiger partial charge < -0.3 is 10.2 Å². The van der Waals surface area contributed by atoms with Crippen LogP contribution in [0.2, 0.25) is 0 Å². The zero-order valence-corrected chi connectivity index (χ0v) is 13.7. The molecule has 1 saturated heterocycles. The second kappa shape index (κ2) is 7.20. The van der Waals surface area contributed by atoms with Crippen molar-refractivity contribution >= 4 is 16.5 Å². The number of hydrogen-bond acceptors (Lipinski definition) is 4. The van der Waals surface area contributed by atoms with Gasteiger partial charge in [-0.1, -0.05) is 6.92 Å². The largest absolute Gasteiger partial charge is 0.359 e. The van der Waals surface area contributed by atoms with Crippen molar-refractivity contribution in [3.8, 4) is 11.3 Å². The molecule has 2 aromatic rings. The van der Waals surface area contributed by atoms with Crippen LogP contribution >= 0.6 is 11.3 Å². The fourth-order valence-corrected chi connectivity index (χ4v) is 3.68. The predicted molar refractivity (Wildman–Crippen MR) is 90.9 cm³/mol. The molecule has 5 heteroatoms. The van der Waals surface area contributed by atoms with Crippen molar-refractivity contribution in [2.75, 3.05) is 25.0 Å². The molecule has 0 atom stereocenters. The van der Waals surface area contributed by atoms with Gasteiger partial charge in [0.25, 0.3) is 0 Å². The van der Waals surface area contributed by atoms with Gasteiger partial charge in [0, 0.05) is 30.1 Å². The van der Waals surface area contributed by atoms with Crippen molar-refractivity contribution in [2.45, 2.75) is 32.2 Å². The molecule has 0 aliphatic carbocycles. The maximum atomic E-state index is 13.0. The third-order valence-electron chi connectivity index (χ3n) is 4.10. The van der Waals surface area contributed by atoms with Gasteiger partial charge in [0.05, 0.1) is 5.69 Å². The number of nitrogens with zero attached hydrogens (tertiary/aromatic N) is 2. The highest BCUT2D eigenvalue weighted by Gasteiger charge is 2.19. The van der Waals surface area contributed by atoms with Gasteiger partial charge in [0.15, 0.2) is 5.13 Å². The smallest absolute Gasteiger partial charge is 0.183 e. The van der Waals surface area contributed by atoms with Gasteiger partial charge in [0.2, 0.25) is 0 Å². The van der Waals surface area contributed by atoms with Crippen LogP contribution < -0.4 is 5.32 Å². The average Bonchev–Trinajstić information content (AvgIpc) is 2.99. The summed E-state index contributed by atoms with van der Waals surface area (Å²) >= 11 is 1.62. The summed E-state index contributed by atoms with van der Waals surface area (Å²) in [6, 6.07) is 7.02. The van der Waals surface area contributed by atoms with E-state index in [1.807, 2.05) is 5.38 Å². The van der Waals surface area contributed by atoms with Crippen molar-refractivity contribution in [3.05, 3.63) is 35.5 Å². The van der Waals surface area contributed by atoms with Gasteiger partial charge >= 0.3 is 0 Å². The Morgan fingerprint density at radius 2 is 2.00 bits per heavy atom. The van der Waals surface area contributed by atoms with Crippen LogP contribution in [0.4, 0.5) is 9.52 Å². The van der Waals surface area contributed by atoms with Crippen LogP contribution in [0.25, 0.3) is 11.3 Å². The number of halogens is 1. The summed E-state index contributed by atoms with van der Waals surface area (Å²) in [5, 5.41) is 6.55. The van der Waals surface area contributed by atoms with E-state index in [2.05, 4.69) is 22.1 Å². The highest BCUT2D eigenvalue weighted by Crippen LogP contribution is 2.26.